The van der Waals surface area contributed by atoms with Gasteiger partial charge in [0.05, 0.1) is 23.8 Å². The summed E-state index contributed by atoms with van der Waals surface area (Å²) in [6.07, 6.45) is 0.113. The van der Waals surface area contributed by atoms with E-state index >= 15 is 0 Å². The zero-order valence-corrected chi connectivity index (χ0v) is 14.5. The largest absolute Gasteiger partial charge is 0.496 e. The van der Waals surface area contributed by atoms with Crippen LogP contribution in [-0.2, 0) is 11.2 Å². The summed E-state index contributed by atoms with van der Waals surface area (Å²) in [7, 11) is 1.51. The maximum absolute atomic E-state index is 12.4. The number of halogens is 2. The molecule has 0 unspecified atom stereocenters. The number of Topliss-reactive ketones (excluding diaryl/α,β-unsaturated/α-hetero) is 1. The lowest BCUT2D eigenvalue weighted by Gasteiger charge is -2.15. The summed E-state index contributed by atoms with van der Waals surface area (Å²) < 4.78 is 22.4. The predicted octanol–water partition coefficient (Wildman–Crippen LogP) is 2.94. The van der Waals surface area contributed by atoms with Crippen LogP contribution in [0, 0.1) is 0 Å². The van der Waals surface area contributed by atoms with E-state index in [1.165, 1.54) is 7.11 Å². The van der Waals surface area contributed by atoms with Crippen molar-refractivity contribution in [1.29, 1.82) is 0 Å². The first kappa shape index (κ1) is 15.5. The normalized spacial score (nSPS) is 29.5. The van der Waals surface area contributed by atoms with Crippen LogP contribution < -0.4 is 15.1 Å². The summed E-state index contributed by atoms with van der Waals surface area (Å²) in [5, 5.41) is 0.0811. The van der Waals surface area contributed by atoms with E-state index in [0.717, 1.165) is 0 Å². The minimum Gasteiger partial charge on any atom is -0.496 e. The average Bonchev–Trinajstić information content (AvgIpc) is 3.21. The molecule has 3 aliphatic rings. The molecule has 1 aliphatic carbocycles. The number of hydrogen-bond acceptors (Lipinski definition) is 6. The number of methoxy groups -OCH3 is 1. The summed E-state index contributed by atoms with van der Waals surface area (Å²) in [4.78, 5) is 24.5. The first-order chi connectivity index (χ1) is 12.0. The Labute approximate surface area is 151 Å². The molecule has 130 valence electrons. The third kappa shape index (κ3) is 1.90. The van der Waals surface area contributed by atoms with E-state index in [9.17, 15) is 9.59 Å². The van der Waals surface area contributed by atoms with Gasteiger partial charge in [0.2, 0.25) is 6.29 Å². The van der Waals surface area contributed by atoms with E-state index in [0.29, 0.717) is 40.0 Å². The Balaban J connectivity index is 1.88. The molecule has 0 radical (unpaired) electrons. The molecule has 0 saturated carbocycles. The second kappa shape index (κ2) is 5.13. The molecule has 1 fully saturated rings. The lowest BCUT2D eigenvalue weighted by Crippen LogP contribution is -2.17. The van der Waals surface area contributed by atoms with Crippen molar-refractivity contribution in [3.05, 3.63) is 33.2 Å². The van der Waals surface area contributed by atoms with Crippen LogP contribution in [0.15, 0.2) is 15.3 Å². The van der Waals surface area contributed by atoms with Crippen molar-refractivity contribution in [3.63, 3.8) is 0 Å². The second-order valence-electron chi connectivity index (χ2n) is 6.30. The Morgan fingerprint density at radius 1 is 1.24 bits per heavy atom. The standard InChI is InChI=1S/C17H12Cl2O6/c1-22-7-4-8-11(12-13(18)15(19)25-17(12)23-8)14-10(7)5-2-3-6(20)9(5)16(21)24-14/h4,12-13,15,17H,2-3H2,1H3/t12-,13-,15-,17+/m1/s1. The van der Waals surface area contributed by atoms with Gasteiger partial charge >= 0.3 is 5.63 Å². The van der Waals surface area contributed by atoms with Gasteiger partial charge in [-0.25, -0.2) is 4.79 Å². The Morgan fingerprint density at radius 2 is 2.04 bits per heavy atom. The van der Waals surface area contributed by atoms with Crippen LogP contribution in [0.25, 0.3) is 11.0 Å². The molecule has 5 rings (SSSR count). The zero-order valence-electron chi connectivity index (χ0n) is 13.0. The van der Waals surface area contributed by atoms with Gasteiger partial charge in [-0.1, -0.05) is 11.6 Å². The second-order valence-corrected chi connectivity index (χ2v) is 7.24. The number of alkyl halides is 2. The number of rotatable bonds is 1. The smallest absolute Gasteiger partial charge is 0.347 e. The van der Waals surface area contributed by atoms with Gasteiger partial charge in [0.1, 0.15) is 22.6 Å². The minimum absolute atomic E-state index is 0.113. The fraction of sp³-hybridized carbons (Fsp3) is 0.412. The SMILES string of the molecule is COc1cc2c(c3oc(=O)c4c(c13)CCC4=O)[C@H]1[C@@H](O2)O[C@@H](Cl)[C@@H]1Cl. The molecule has 4 atom stereocenters. The fourth-order valence-corrected chi connectivity index (χ4v) is 4.57. The molecule has 8 heteroatoms. The molecule has 25 heavy (non-hydrogen) atoms. The number of carbonyl (C=O) groups excluding carboxylic acids is 1. The summed E-state index contributed by atoms with van der Waals surface area (Å²) in [5.74, 6) is 0.395. The highest BCUT2D eigenvalue weighted by Gasteiger charge is 2.52. The van der Waals surface area contributed by atoms with E-state index < -0.39 is 22.9 Å². The highest BCUT2D eigenvalue weighted by Crippen LogP contribution is 2.54. The van der Waals surface area contributed by atoms with Gasteiger partial charge in [-0.15, -0.1) is 11.6 Å². The Kier molecular flexibility index (Phi) is 3.18. The molecule has 0 amide bonds. The minimum atomic E-state index is -0.704. The van der Waals surface area contributed by atoms with Crippen LogP contribution in [0.1, 0.15) is 33.8 Å². The Morgan fingerprint density at radius 3 is 2.80 bits per heavy atom. The van der Waals surface area contributed by atoms with Crippen molar-refractivity contribution in [3.8, 4) is 11.5 Å². The highest BCUT2D eigenvalue weighted by atomic mass is 35.5. The monoisotopic (exact) mass is 382 g/mol. The number of hydrogen-bond donors (Lipinski definition) is 0. The maximum Gasteiger partial charge on any atom is 0.347 e. The van der Waals surface area contributed by atoms with Crippen molar-refractivity contribution in [2.24, 2.45) is 0 Å². The van der Waals surface area contributed by atoms with Crippen LogP contribution in [-0.4, -0.2) is 30.1 Å². The van der Waals surface area contributed by atoms with Crippen LogP contribution in [0.2, 0.25) is 0 Å². The molecular formula is C17H12Cl2O6. The number of aryl methyl sites for hydroxylation is 1. The molecule has 1 aromatic heterocycles. The average molecular weight is 383 g/mol. The summed E-state index contributed by atoms with van der Waals surface area (Å²) in [5.41, 5.74) is 0.401. The highest BCUT2D eigenvalue weighted by molar-refractivity contribution is 6.30. The van der Waals surface area contributed by atoms with Crippen molar-refractivity contribution in [2.45, 2.75) is 36.0 Å². The number of carbonyl (C=O) groups is 1. The predicted molar refractivity (Wildman–Crippen MR) is 89.2 cm³/mol. The number of fused-ring (bicyclic) bond motifs is 7. The number of benzene rings is 1. The molecule has 0 spiro atoms. The van der Waals surface area contributed by atoms with E-state index in [1.807, 2.05) is 0 Å². The number of ether oxygens (including phenoxy) is 3. The summed E-state index contributed by atoms with van der Waals surface area (Å²) >= 11 is 12.5. The van der Waals surface area contributed by atoms with Crippen LogP contribution >= 0.6 is 23.2 Å². The third-order valence-corrected chi connectivity index (χ3v) is 6.08. The quantitative estimate of drug-likeness (QED) is 0.557. The van der Waals surface area contributed by atoms with Gasteiger partial charge in [-0.05, 0) is 12.0 Å². The van der Waals surface area contributed by atoms with Gasteiger partial charge in [-0.2, -0.15) is 0 Å². The van der Waals surface area contributed by atoms with Crippen molar-refractivity contribution in [2.75, 3.05) is 7.11 Å². The van der Waals surface area contributed by atoms with Crippen LogP contribution in [0.4, 0.5) is 0 Å². The summed E-state index contributed by atoms with van der Waals surface area (Å²) in [6.45, 7) is 0. The Hall–Kier alpha value is -1.76. The van der Waals surface area contributed by atoms with Gasteiger partial charge in [0, 0.05) is 18.1 Å². The van der Waals surface area contributed by atoms with E-state index in [-0.39, 0.29) is 23.7 Å². The number of ketones is 1. The van der Waals surface area contributed by atoms with Gasteiger partial charge < -0.3 is 18.6 Å². The maximum atomic E-state index is 12.4. The fourth-order valence-electron chi connectivity index (χ4n) is 4.00. The van der Waals surface area contributed by atoms with Gasteiger partial charge in [-0.3, -0.25) is 4.79 Å². The third-order valence-electron chi connectivity index (χ3n) is 5.08. The zero-order chi connectivity index (χ0) is 17.5. The first-order valence-corrected chi connectivity index (χ1v) is 8.72. The lowest BCUT2D eigenvalue weighted by molar-refractivity contribution is -0.0455. The molecular weight excluding hydrogens is 371 g/mol. The van der Waals surface area contributed by atoms with Crippen LogP contribution in [0.3, 0.4) is 0 Å². The summed E-state index contributed by atoms with van der Waals surface area (Å²) in [6, 6.07) is 1.72. The Bertz CT molecular complexity index is 997. The lowest BCUT2D eigenvalue weighted by atomic mass is 9.93. The molecule has 1 saturated heterocycles. The first-order valence-electron chi connectivity index (χ1n) is 7.85. The topological polar surface area (TPSA) is 75.0 Å². The molecule has 2 aromatic rings. The molecule has 2 aliphatic heterocycles. The van der Waals surface area contributed by atoms with Crippen molar-refractivity contribution in [1.82, 2.24) is 0 Å². The van der Waals surface area contributed by atoms with E-state index in [1.54, 1.807) is 6.07 Å². The van der Waals surface area contributed by atoms with Crippen molar-refractivity contribution >= 4 is 40.0 Å². The van der Waals surface area contributed by atoms with Gasteiger partial charge in [0.25, 0.3) is 0 Å². The molecule has 3 heterocycles. The van der Waals surface area contributed by atoms with E-state index in [4.69, 9.17) is 41.8 Å². The van der Waals surface area contributed by atoms with Crippen LogP contribution in [0.5, 0.6) is 11.5 Å². The molecule has 1 aromatic carbocycles. The molecule has 6 nitrogen and oxygen atoms in total. The molecule has 0 bridgehead atoms. The van der Waals surface area contributed by atoms with E-state index in [2.05, 4.69) is 0 Å². The van der Waals surface area contributed by atoms with Crippen molar-refractivity contribution < 1.29 is 23.4 Å². The van der Waals surface area contributed by atoms with Gasteiger partial charge in [0.15, 0.2) is 11.3 Å². The molecule has 0 N–H and O–H groups in total.